The molecule has 0 saturated carbocycles. The summed E-state index contributed by atoms with van der Waals surface area (Å²) in [7, 11) is 0. The van der Waals surface area contributed by atoms with Gasteiger partial charge in [0.2, 0.25) is 5.95 Å². The third-order valence-corrected chi connectivity index (χ3v) is 1.85. The van der Waals surface area contributed by atoms with Crippen LogP contribution in [0.15, 0.2) is 16.7 Å². The fraction of sp³-hybridized carbons (Fsp3) is 0.286. The van der Waals surface area contributed by atoms with E-state index in [1.165, 1.54) is 12.3 Å². The van der Waals surface area contributed by atoms with Crippen molar-refractivity contribution in [2.24, 2.45) is 5.73 Å². The molecule has 0 fully saturated rings. The van der Waals surface area contributed by atoms with Gasteiger partial charge in [0.1, 0.15) is 0 Å². The van der Waals surface area contributed by atoms with Gasteiger partial charge in [-0.1, -0.05) is 0 Å². The number of pyridine rings is 1. The largest absolute Gasteiger partial charge is 0.387 e. The number of aliphatic hydroxyl groups is 1. The molecule has 1 rings (SSSR count). The number of aliphatic hydroxyl groups excluding tert-OH is 1. The monoisotopic (exact) mass is 234 g/mol. The molecule has 12 heavy (non-hydrogen) atoms. The van der Waals surface area contributed by atoms with Crippen LogP contribution in [0.4, 0.5) is 4.39 Å². The minimum Gasteiger partial charge on any atom is -0.387 e. The van der Waals surface area contributed by atoms with Gasteiger partial charge >= 0.3 is 0 Å². The SMILES string of the molecule is NC[C@@H](O)c1cc(Br)cnc1F. The Kier molecular flexibility index (Phi) is 3.13. The molecule has 3 nitrogen and oxygen atoms in total. The van der Waals surface area contributed by atoms with E-state index in [2.05, 4.69) is 20.9 Å². The molecule has 1 heterocycles. The second-order valence-corrected chi connectivity index (χ2v) is 3.20. The second-order valence-electron chi connectivity index (χ2n) is 2.29. The lowest BCUT2D eigenvalue weighted by Gasteiger charge is -2.08. The van der Waals surface area contributed by atoms with E-state index >= 15 is 0 Å². The maximum absolute atomic E-state index is 12.9. The Morgan fingerprint density at radius 3 is 3.00 bits per heavy atom. The Morgan fingerprint density at radius 1 is 1.75 bits per heavy atom. The number of nitrogens with two attached hydrogens (primary N) is 1. The van der Waals surface area contributed by atoms with E-state index in [0.717, 1.165) is 0 Å². The van der Waals surface area contributed by atoms with Crippen LogP contribution >= 0.6 is 15.9 Å². The number of hydrogen-bond donors (Lipinski definition) is 2. The van der Waals surface area contributed by atoms with Crippen molar-refractivity contribution >= 4 is 15.9 Å². The quantitative estimate of drug-likeness (QED) is 0.751. The topological polar surface area (TPSA) is 59.1 Å². The van der Waals surface area contributed by atoms with Crippen LogP contribution in [0.2, 0.25) is 0 Å². The summed E-state index contributed by atoms with van der Waals surface area (Å²) < 4.78 is 13.5. The van der Waals surface area contributed by atoms with E-state index in [1.54, 1.807) is 0 Å². The van der Waals surface area contributed by atoms with Crippen molar-refractivity contribution in [3.63, 3.8) is 0 Å². The van der Waals surface area contributed by atoms with Crippen LogP contribution in [0.1, 0.15) is 11.7 Å². The van der Waals surface area contributed by atoms with Crippen LogP contribution < -0.4 is 5.73 Å². The fourth-order valence-electron chi connectivity index (χ4n) is 0.799. The molecule has 3 N–H and O–H groups in total. The minimum atomic E-state index is -0.991. The molecule has 0 spiro atoms. The first kappa shape index (κ1) is 9.57. The molecule has 66 valence electrons. The molecule has 0 aromatic carbocycles. The van der Waals surface area contributed by atoms with Gasteiger partial charge in [-0.25, -0.2) is 4.98 Å². The first-order chi connectivity index (χ1) is 5.65. The molecule has 0 bridgehead atoms. The van der Waals surface area contributed by atoms with Crippen LogP contribution in [0.25, 0.3) is 0 Å². The summed E-state index contributed by atoms with van der Waals surface area (Å²) in [5.74, 6) is -0.684. The number of halogens is 2. The van der Waals surface area contributed by atoms with Crippen LogP contribution in [-0.4, -0.2) is 16.6 Å². The zero-order valence-corrected chi connectivity index (χ0v) is 7.75. The van der Waals surface area contributed by atoms with Crippen molar-refractivity contribution in [3.8, 4) is 0 Å². The summed E-state index contributed by atoms with van der Waals surface area (Å²) in [5, 5.41) is 9.21. The van der Waals surface area contributed by atoms with E-state index < -0.39 is 12.1 Å². The van der Waals surface area contributed by atoms with Gasteiger partial charge in [-0.2, -0.15) is 4.39 Å². The Morgan fingerprint density at radius 2 is 2.42 bits per heavy atom. The predicted octanol–water partition coefficient (Wildman–Crippen LogP) is 0.975. The maximum Gasteiger partial charge on any atom is 0.218 e. The van der Waals surface area contributed by atoms with Crippen LogP contribution in [0, 0.1) is 5.95 Å². The first-order valence-electron chi connectivity index (χ1n) is 3.34. The van der Waals surface area contributed by atoms with Gasteiger partial charge in [-0.05, 0) is 22.0 Å². The van der Waals surface area contributed by atoms with Crippen molar-refractivity contribution in [1.82, 2.24) is 4.98 Å². The average molecular weight is 235 g/mol. The normalized spacial score (nSPS) is 13.0. The zero-order chi connectivity index (χ0) is 9.14. The molecule has 5 heteroatoms. The first-order valence-corrected chi connectivity index (χ1v) is 4.13. The average Bonchev–Trinajstić information content (AvgIpc) is 2.08. The third-order valence-electron chi connectivity index (χ3n) is 1.42. The molecule has 0 saturated heterocycles. The number of rotatable bonds is 2. The van der Waals surface area contributed by atoms with Crippen molar-refractivity contribution in [1.29, 1.82) is 0 Å². The Balaban J connectivity index is 3.04. The van der Waals surface area contributed by atoms with Gasteiger partial charge in [0.05, 0.1) is 6.10 Å². The van der Waals surface area contributed by atoms with Crippen molar-refractivity contribution < 1.29 is 9.50 Å². The molecule has 0 radical (unpaired) electrons. The van der Waals surface area contributed by atoms with E-state index in [0.29, 0.717) is 4.47 Å². The predicted molar refractivity (Wildman–Crippen MR) is 45.9 cm³/mol. The van der Waals surface area contributed by atoms with Crippen LogP contribution in [-0.2, 0) is 0 Å². The molecule has 1 aromatic rings. The Hall–Kier alpha value is -0.520. The lowest BCUT2D eigenvalue weighted by atomic mass is 10.1. The number of aromatic nitrogens is 1. The van der Waals surface area contributed by atoms with E-state index in [-0.39, 0.29) is 12.1 Å². The van der Waals surface area contributed by atoms with Crippen molar-refractivity contribution in [2.45, 2.75) is 6.10 Å². The van der Waals surface area contributed by atoms with Crippen LogP contribution in [0.5, 0.6) is 0 Å². The molecule has 0 aliphatic rings. The second kappa shape index (κ2) is 3.93. The standard InChI is InChI=1S/C7H8BrFN2O/c8-4-1-5(6(12)2-10)7(9)11-3-4/h1,3,6,12H,2,10H2/t6-/m1/s1. The highest BCUT2D eigenvalue weighted by molar-refractivity contribution is 9.10. The van der Waals surface area contributed by atoms with Gasteiger partial charge in [0.25, 0.3) is 0 Å². The summed E-state index contributed by atoms with van der Waals surface area (Å²) >= 11 is 3.11. The lowest BCUT2D eigenvalue weighted by molar-refractivity contribution is 0.180. The third kappa shape index (κ3) is 2.00. The highest BCUT2D eigenvalue weighted by Gasteiger charge is 2.12. The maximum atomic E-state index is 12.9. The number of nitrogens with zero attached hydrogens (tertiary/aromatic N) is 1. The van der Waals surface area contributed by atoms with Gasteiger partial charge in [0.15, 0.2) is 0 Å². The Labute approximate surface area is 77.5 Å². The van der Waals surface area contributed by atoms with Gasteiger partial charge in [-0.3, -0.25) is 0 Å². The van der Waals surface area contributed by atoms with E-state index in [9.17, 15) is 9.50 Å². The number of hydrogen-bond acceptors (Lipinski definition) is 3. The lowest BCUT2D eigenvalue weighted by Crippen LogP contribution is -2.13. The van der Waals surface area contributed by atoms with Gasteiger partial charge in [0, 0.05) is 22.8 Å². The van der Waals surface area contributed by atoms with E-state index in [1.807, 2.05) is 0 Å². The summed E-state index contributed by atoms with van der Waals surface area (Å²) in [5.41, 5.74) is 5.28. The molecule has 1 atom stereocenters. The minimum absolute atomic E-state index is 0.0188. The molecule has 0 amide bonds. The van der Waals surface area contributed by atoms with Crippen molar-refractivity contribution in [3.05, 3.63) is 28.2 Å². The Bertz CT molecular complexity index is 282. The molecule has 0 unspecified atom stereocenters. The molecule has 0 aliphatic carbocycles. The summed E-state index contributed by atoms with van der Waals surface area (Å²) in [6, 6.07) is 1.46. The summed E-state index contributed by atoms with van der Waals surface area (Å²) in [6.45, 7) is -0.0188. The van der Waals surface area contributed by atoms with Gasteiger partial charge in [-0.15, -0.1) is 0 Å². The fourth-order valence-corrected chi connectivity index (χ4v) is 1.15. The molecule has 0 aliphatic heterocycles. The highest BCUT2D eigenvalue weighted by atomic mass is 79.9. The summed E-state index contributed by atoms with van der Waals surface area (Å²) in [6.07, 6.45) is 0.331. The zero-order valence-electron chi connectivity index (χ0n) is 6.17. The van der Waals surface area contributed by atoms with E-state index in [4.69, 9.17) is 5.73 Å². The van der Waals surface area contributed by atoms with Gasteiger partial charge < -0.3 is 10.8 Å². The van der Waals surface area contributed by atoms with Crippen molar-refractivity contribution in [2.75, 3.05) is 6.54 Å². The molecular formula is C7H8BrFN2O. The molecule has 1 aromatic heterocycles. The molecular weight excluding hydrogens is 227 g/mol. The summed E-state index contributed by atoms with van der Waals surface area (Å²) in [4.78, 5) is 3.42. The smallest absolute Gasteiger partial charge is 0.218 e. The highest BCUT2D eigenvalue weighted by Crippen LogP contribution is 2.18. The van der Waals surface area contributed by atoms with Crippen LogP contribution in [0.3, 0.4) is 0 Å².